The van der Waals surface area contributed by atoms with Gasteiger partial charge in [0.25, 0.3) is 5.56 Å². The molecule has 0 aliphatic carbocycles. The van der Waals surface area contributed by atoms with Crippen LogP contribution in [0.2, 0.25) is 5.02 Å². The first kappa shape index (κ1) is 16.5. The molecule has 0 saturated carbocycles. The van der Waals surface area contributed by atoms with Gasteiger partial charge in [-0.3, -0.25) is 4.79 Å². The van der Waals surface area contributed by atoms with Gasteiger partial charge in [0.05, 0.1) is 28.5 Å². The Morgan fingerprint density at radius 2 is 2.32 bits per heavy atom. The number of hydrogen-bond donors (Lipinski definition) is 2. The summed E-state index contributed by atoms with van der Waals surface area (Å²) in [5.74, 6) is 0. The summed E-state index contributed by atoms with van der Waals surface area (Å²) in [6.07, 6.45) is 1.30. The van der Waals surface area contributed by atoms with Gasteiger partial charge < -0.3 is 15.3 Å². The van der Waals surface area contributed by atoms with Gasteiger partial charge in [0, 0.05) is 13.1 Å². The van der Waals surface area contributed by atoms with E-state index in [9.17, 15) is 4.79 Å². The summed E-state index contributed by atoms with van der Waals surface area (Å²) in [4.78, 5) is 23.1. The second-order valence-electron chi connectivity index (χ2n) is 4.28. The molecule has 0 amide bonds. The average Bonchev–Trinajstić information content (AvgIpc) is 3.01. The van der Waals surface area contributed by atoms with Crippen LogP contribution in [-0.4, -0.2) is 21.1 Å². The molecule has 114 valence electrons. The van der Waals surface area contributed by atoms with Crippen LogP contribution in [0.15, 0.2) is 22.6 Å². The summed E-state index contributed by atoms with van der Waals surface area (Å²) in [5, 5.41) is 2.38. The minimum Gasteiger partial charge on any atom is -0.343 e. The third-order valence-corrected chi connectivity index (χ3v) is 4.46. The first-order valence-corrected chi connectivity index (χ1v) is 7.35. The van der Waals surface area contributed by atoms with Gasteiger partial charge in [-0.15, -0.1) is 23.7 Å². The number of nitrogens with two attached hydrogens (primary N) is 1. The summed E-state index contributed by atoms with van der Waals surface area (Å²) in [7, 11) is 0. The number of aromatic amines is 1. The number of hydrogen-bond acceptors (Lipinski definition) is 4. The van der Waals surface area contributed by atoms with Crippen molar-refractivity contribution in [2.75, 3.05) is 6.54 Å². The maximum absolute atomic E-state index is 12.1. The van der Waals surface area contributed by atoms with Crippen LogP contribution >= 0.6 is 35.3 Å². The van der Waals surface area contributed by atoms with Gasteiger partial charge in [-0.25, -0.2) is 9.83 Å². The smallest absolute Gasteiger partial charge is 0.273 e. The van der Waals surface area contributed by atoms with Crippen LogP contribution in [0.4, 0.5) is 5.69 Å². The highest BCUT2D eigenvalue weighted by molar-refractivity contribution is 7.14. The number of thiophene rings is 1. The van der Waals surface area contributed by atoms with Gasteiger partial charge in [-0.1, -0.05) is 11.6 Å². The van der Waals surface area contributed by atoms with Crippen molar-refractivity contribution in [3.8, 4) is 10.6 Å². The van der Waals surface area contributed by atoms with E-state index in [2.05, 4.69) is 14.8 Å². The lowest BCUT2D eigenvalue weighted by Crippen LogP contribution is -2.16. The number of aromatic nitrogens is 3. The summed E-state index contributed by atoms with van der Waals surface area (Å²) < 4.78 is 1.73. The van der Waals surface area contributed by atoms with Crippen molar-refractivity contribution in [1.82, 2.24) is 14.5 Å². The molecule has 0 atom stereocenters. The molecule has 3 N–H and O–H groups in total. The van der Waals surface area contributed by atoms with Gasteiger partial charge in [0.1, 0.15) is 11.0 Å². The fourth-order valence-electron chi connectivity index (χ4n) is 2.32. The summed E-state index contributed by atoms with van der Waals surface area (Å²) >= 11 is 7.62. The molecule has 0 aliphatic rings. The molecular weight excluding hydrogens is 345 g/mol. The van der Waals surface area contributed by atoms with Crippen molar-refractivity contribution in [2.45, 2.75) is 6.54 Å². The standard InChI is InChI=1S/C13H10ClN5OS.ClH/c1-16-8-9-11(13(20)18-6-17-9)19(4-3-15)10(8)12-7(14)2-5-21-12;/h2,5-6H,3-4,15H2,(H,17,18,20);1H. The topological polar surface area (TPSA) is 81.1 Å². The molecule has 0 fully saturated rings. The molecule has 3 rings (SSSR count). The zero-order chi connectivity index (χ0) is 15.0. The van der Waals surface area contributed by atoms with Gasteiger partial charge in [-0.05, 0) is 11.4 Å². The SMILES string of the molecule is Cl.[C-]#[N+]c1c(-c2sccc2Cl)n(CCN)c2c(=O)[nH]cnc12. The molecule has 3 heterocycles. The molecule has 0 spiro atoms. The molecule has 6 nitrogen and oxygen atoms in total. The highest BCUT2D eigenvalue weighted by atomic mass is 35.5. The predicted molar refractivity (Wildman–Crippen MR) is 91.2 cm³/mol. The monoisotopic (exact) mass is 355 g/mol. The van der Waals surface area contributed by atoms with Crippen molar-refractivity contribution < 1.29 is 0 Å². The molecular formula is C13H11Cl2N5OS. The van der Waals surface area contributed by atoms with E-state index in [-0.39, 0.29) is 18.0 Å². The minimum absolute atomic E-state index is 0. The summed E-state index contributed by atoms with van der Waals surface area (Å²) in [6, 6.07) is 1.76. The molecule has 3 aromatic rings. The van der Waals surface area contributed by atoms with Crippen LogP contribution in [0, 0.1) is 6.57 Å². The first-order valence-electron chi connectivity index (χ1n) is 6.09. The van der Waals surface area contributed by atoms with Gasteiger partial charge in [0.15, 0.2) is 0 Å². The number of halogens is 2. The normalized spacial score (nSPS) is 10.4. The number of H-pyrrole nitrogens is 1. The first-order chi connectivity index (χ1) is 10.2. The number of fused-ring (bicyclic) bond motifs is 1. The van der Waals surface area contributed by atoms with Crippen LogP contribution in [0.1, 0.15) is 0 Å². The minimum atomic E-state index is -0.294. The second kappa shape index (κ2) is 6.50. The predicted octanol–water partition coefficient (Wildman–Crippen LogP) is 3.04. The Balaban J connectivity index is 0.00000176. The molecule has 0 bridgehead atoms. The molecule has 0 aromatic carbocycles. The van der Waals surface area contributed by atoms with E-state index in [1.165, 1.54) is 17.7 Å². The Morgan fingerprint density at radius 3 is 2.91 bits per heavy atom. The van der Waals surface area contributed by atoms with E-state index in [0.717, 1.165) is 4.88 Å². The van der Waals surface area contributed by atoms with Gasteiger partial charge in [0.2, 0.25) is 5.69 Å². The zero-order valence-corrected chi connectivity index (χ0v) is 13.6. The fraction of sp³-hybridized carbons (Fsp3) is 0.154. The largest absolute Gasteiger partial charge is 0.343 e. The molecule has 0 saturated heterocycles. The van der Waals surface area contributed by atoms with Crippen LogP contribution in [0.5, 0.6) is 0 Å². The van der Waals surface area contributed by atoms with Gasteiger partial charge in [-0.2, -0.15) is 0 Å². The van der Waals surface area contributed by atoms with Crippen molar-refractivity contribution in [2.24, 2.45) is 5.73 Å². The number of nitrogens with zero attached hydrogens (tertiary/aromatic N) is 3. The van der Waals surface area contributed by atoms with E-state index in [1.54, 1.807) is 10.6 Å². The number of nitrogens with one attached hydrogen (secondary N) is 1. The molecule has 0 radical (unpaired) electrons. The third-order valence-electron chi connectivity index (χ3n) is 3.11. The average molecular weight is 356 g/mol. The van der Waals surface area contributed by atoms with Crippen LogP contribution < -0.4 is 11.3 Å². The molecule has 0 aliphatic heterocycles. The lowest BCUT2D eigenvalue weighted by molar-refractivity contribution is 0.739. The Labute approximate surface area is 140 Å². The van der Waals surface area contributed by atoms with Crippen molar-refractivity contribution >= 4 is 52.1 Å². The van der Waals surface area contributed by atoms with Crippen molar-refractivity contribution in [1.29, 1.82) is 0 Å². The van der Waals surface area contributed by atoms with E-state index in [0.29, 0.717) is 40.5 Å². The molecule has 3 aromatic heterocycles. The Hall–Kier alpha value is -1.85. The zero-order valence-electron chi connectivity index (χ0n) is 11.2. The fourth-order valence-corrected chi connectivity index (χ4v) is 3.52. The van der Waals surface area contributed by atoms with Gasteiger partial charge >= 0.3 is 0 Å². The highest BCUT2D eigenvalue weighted by Gasteiger charge is 2.23. The van der Waals surface area contributed by atoms with E-state index >= 15 is 0 Å². The molecule has 22 heavy (non-hydrogen) atoms. The van der Waals surface area contributed by atoms with Crippen molar-refractivity contribution in [3.63, 3.8) is 0 Å². The van der Waals surface area contributed by atoms with Crippen molar-refractivity contribution in [3.05, 3.63) is 44.6 Å². The summed E-state index contributed by atoms with van der Waals surface area (Å²) in [6.45, 7) is 8.19. The summed E-state index contributed by atoms with van der Waals surface area (Å²) in [5.41, 5.74) is 7.02. The Morgan fingerprint density at radius 1 is 1.55 bits per heavy atom. The maximum atomic E-state index is 12.1. The Kier molecular flexibility index (Phi) is 4.88. The third kappa shape index (κ3) is 2.40. The van der Waals surface area contributed by atoms with Crippen LogP contribution in [0.25, 0.3) is 26.4 Å². The van der Waals surface area contributed by atoms with Crippen LogP contribution in [-0.2, 0) is 6.54 Å². The lowest BCUT2D eigenvalue weighted by atomic mass is 10.3. The number of rotatable bonds is 3. The highest BCUT2D eigenvalue weighted by Crippen LogP contribution is 2.43. The molecule has 0 unspecified atom stereocenters. The second-order valence-corrected chi connectivity index (χ2v) is 5.60. The quantitative estimate of drug-likeness (QED) is 0.708. The van der Waals surface area contributed by atoms with E-state index in [4.69, 9.17) is 23.9 Å². The van der Waals surface area contributed by atoms with E-state index < -0.39 is 0 Å². The van der Waals surface area contributed by atoms with E-state index in [1.807, 2.05) is 5.38 Å². The lowest BCUT2D eigenvalue weighted by Gasteiger charge is -2.08. The Bertz CT molecular complexity index is 921. The molecule has 9 heteroatoms. The van der Waals surface area contributed by atoms with Crippen LogP contribution in [0.3, 0.4) is 0 Å². The maximum Gasteiger partial charge on any atom is 0.273 e.